The van der Waals surface area contributed by atoms with Crippen molar-refractivity contribution < 1.29 is 8.42 Å². The third-order valence-corrected chi connectivity index (χ3v) is 2.23. The molecule has 0 aromatic rings. The van der Waals surface area contributed by atoms with Crippen molar-refractivity contribution >= 4 is 21.6 Å². The summed E-state index contributed by atoms with van der Waals surface area (Å²) in [5, 5.41) is -0.0882. The van der Waals surface area contributed by atoms with Gasteiger partial charge in [-0.05, 0) is 6.42 Å². The Morgan fingerprint density at radius 1 is 1.55 bits per heavy atom. The Bertz CT molecular complexity index is 191. The number of nitrogens with one attached hydrogen (secondary N) is 1. The normalized spacial score (nSPS) is 14.8. The third-order valence-electron chi connectivity index (χ3n) is 1.17. The van der Waals surface area contributed by atoms with Crippen molar-refractivity contribution in [3.63, 3.8) is 0 Å². The number of hydrogen-bond acceptors (Lipinski definition) is 2. The van der Waals surface area contributed by atoms with E-state index in [-0.39, 0.29) is 5.38 Å². The van der Waals surface area contributed by atoms with Crippen molar-refractivity contribution in [2.24, 2.45) is 0 Å². The molecule has 0 fully saturated rings. The van der Waals surface area contributed by atoms with E-state index in [1.807, 2.05) is 6.92 Å². The van der Waals surface area contributed by atoms with Crippen molar-refractivity contribution in [2.75, 3.05) is 12.8 Å². The highest BCUT2D eigenvalue weighted by molar-refractivity contribution is 7.88. The van der Waals surface area contributed by atoms with Crippen LogP contribution in [0.3, 0.4) is 0 Å². The zero-order valence-corrected chi connectivity index (χ0v) is 8.37. The smallest absolute Gasteiger partial charge is 0.208 e. The number of rotatable bonds is 5. The third kappa shape index (κ3) is 8.10. The molecule has 1 N–H and O–H groups in total. The Hall–Kier alpha value is 0.200. The molecule has 3 nitrogen and oxygen atoms in total. The van der Waals surface area contributed by atoms with Gasteiger partial charge in [0.05, 0.1) is 6.26 Å². The maximum absolute atomic E-state index is 10.6. The average Bonchev–Trinajstić information content (AvgIpc) is 1.83. The quantitative estimate of drug-likeness (QED) is 0.670. The molecule has 0 rings (SSSR count). The number of hydrogen-bond donors (Lipinski definition) is 1. The van der Waals surface area contributed by atoms with Gasteiger partial charge in [-0.25, -0.2) is 13.1 Å². The van der Waals surface area contributed by atoms with Gasteiger partial charge in [0.25, 0.3) is 0 Å². The zero-order chi connectivity index (χ0) is 8.91. The Kier molecular flexibility index (Phi) is 5.04. The fraction of sp³-hybridized carbons (Fsp3) is 1.00. The fourth-order valence-electron chi connectivity index (χ4n) is 0.657. The lowest BCUT2D eigenvalue weighted by Gasteiger charge is -2.07. The van der Waals surface area contributed by atoms with E-state index in [1.165, 1.54) is 0 Å². The Morgan fingerprint density at radius 2 is 2.09 bits per heavy atom. The van der Waals surface area contributed by atoms with Crippen molar-refractivity contribution in [1.29, 1.82) is 0 Å². The van der Waals surface area contributed by atoms with Crippen molar-refractivity contribution in [2.45, 2.75) is 25.1 Å². The van der Waals surface area contributed by atoms with Gasteiger partial charge in [0, 0.05) is 11.9 Å². The van der Waals surface area contributed by atoms with Crippen LogP contribution in [0.15, 0.2) is 0 Å². The van der Waals surface area contributed by atoms with Gasteiger partial charge in [-0.1, -0.05) is 13.3 Å². The Labute approximate surface area is 73.2 Å². The van der Waals surface area contributed by atoms with E-state index < -0.39 is 10.0 Å². The molecule has 0 radical (unpaired) electrons. The molecule has 0 saturated heterocycles. The molecule has 0 heterocycles. The first kappa shape index (κ1) is 11.2. The second-order valence-electron chi connectivity index (χ2n) is 2.51. The van der Waals surface area contributed by atoms with Crippen LogP contribution in [0.5, 0.6) is 0 Å². The highest BCUT2D eigenvalue weighted by atomic mass is 35.5. The van der Waals surface area contributed by atoms with E-state index in [1.54, 1.807) is 0 Å². The van der Waals surface area contributed by atoms with Gasteiger partial charge in [-0.2, -0.15) is 0 Å². The lowest BCUT2D eigenvalue weighted by molar-refractivity contribution is 0.583. The van der Waals surface area contributed by atoms with Crippen LogP contribution in [0.2, 0.25) is 0 Å². The average molecular weight is 200 g/mol. The maximum atomic E-state index is 10.6. The molecule has 5 heteroatoms. The minimum Gasteiger partial charge on any atom is -0.214 e. The molecular formula is C6H14ClNO2S. The van der Waals surface area contributed by atoms with E-state index >= 15 is 0 Å². The monoisotopic (exact) mass is 199 g/mol. The van der Waals surface area contributed by atoms with E-state index in [0.717, 1.165) is 19.1 Å². The lowest BCUT2D eigenvalue weighted by atomic mass is 10.2. The molecule has 0 spiro atoms. The Balaban J connectivity index is 3.54. The summed E-state index contributed by atoms with van der Waals surface area (Å²) in [7, 11) is -3.07. The van der Waals surface area contributed by atoms with Gasteiger partial charge in [0.1, 0.15) is 0 Å². The first-order valence-electron chi connectivity index (χ1n) is 3.54. The van der Waals surface area contributed by atoms with Crippen LogP contribution >= 0.6 is 11.6 Å². The molecule has 1 atom stereocenters. The highest BCUT2D eigenvalue weighted by Gasteiger charge is 2.06. The first-order chi connectivity index (χ1) is 4.95. The summed E-state index contributed by atoms with van der Waals surface area (Å²) in [4.78, 5) is 0. The van der Waals surface area contributed by atoms with Crippen LogP contribution in [0.25, 0.3) is 0 Å². The van der Waals surface area contributed by atoms with E-state index in [9.17, 15) is 8.42 Å². The standard InChI is InChI=1S/C6H14ClNO2S/c1-3-4-6(7)5-8-11(2,9)10/h6,8H,3-5H2,1-2H3. The molecule has 0 aromatic heterocycles. The van der Waals surface area contributed by atoms with Crippen molar-refractivity contribution in [3.8, 4) is 0 Å². The number of halogens is 1. The lowest BCUT2D eigenvalue weighted by Crippen LogP contribution is -2.28. The summed E-state index contributed by atoms with van der Waals surface area (Å²) in [6.07, 6.45) is 2.94. The van der Waals surface area contributed by atoms with Crippen LogP contribution in [-0.4, -0.2) is 26.6 Å². The molecule has 0 aliphatic carbocycles. The summed E-state index contributed by atoms with van der Waals surface area (Å²) in [6, 6.07) is 0. The predicted octanol–water partition coefficient (Wildman–Crippen LogP) is 0.943. The van der Waals surface area contributed by atoms with Gasteiger partial charge >= 0.3 is 0 Å². The van der Waals surface area contributed by atoms with Crippen LogP contribution < -0.4 is 4.72 Å². The second-order valence-corrected chi connectivity index (χ2v) is 4.96. The van der Waals surface area contributed by atoms with Gasteiger partial charge in [0.15, 0.2) is 0 Å². The summed E-state index contributed by atoms with van der Waals surface area (Å²) in [5.41, 5.74) is 0. The van der Waals surface area contributed by atoms with Crippen LogP contribution in [0, 0.1) is 0 Å². The maximum Gasteiger partial charge on any atom is 0.208 e. The SMILES string of the molecule is CCCC(Cl)CNS(C)(=O)=O. The molecule has 0 aliphatic rings. The molecule has 0 aliphatic heterocycles. The molecule has 0 saturated carbocycles. The molecular weight excluding hydrogens is 186 g/mol. The van der Waals surface area contributed by atoms with Gasteiger partial charge in [-0.15, -0.1) is 11.6 Å². The van der Waals surface area contributed by atoms with Crippen LogP contribution in [0.1, 0.15) is 19.8 Å². The van der Waals surface area contributed by atoms with E-state index in [2.05, 4.69) is 4.72 Å². The molecule has 11 heavy (non-hydrogen) atoms. The zero-order valence-electron chi connectivity index (χ0n) is 6.80. The highest BCUT2D eigenvalue weighted by Crippen LogP contribution is 2.03. The second kappa shape index (κ2) is 4.95. The van der Waals surface area contributed by atoms with E-state index in [0.29, 0.717) is 6.54 Å². The summed E-state index contributed by atoms with van der Waals surface area (Å²) in [5.74, 6) is 0. The van der Waals surface area contributed by atoms with Gasteiger partial charge in [-0.3, -0.25) is 0 Å². The molecule has 0 amide bonds. The number of sulfonamides is 1. The molecule has 68 valence electrons. The van der Waals surface area contributed by atoms with Crippen LogP contribution in [-0.2, 0) is 10.0 Å². The topological polar surface area (TPSA) is 46.2 Å². The first-order valence-corrected chi connectivity index (χ1v) is 5.87. The minimum absolute atomic E-state index is 0.0882. The van der Waals surface area contributed by atoms with Gasteiger partial charge in [0.2, 0.25) is 10.0 Å². The fourth-order valence-corrected chi connectivity index (χ4v) is 1.55. The van der Waals surface area contributed by atoms with Crippen molar-refractivity contribution in [1.82, 2.24) is 4.72 Å². The van der Waals surface area contributed by atoms with E-state index in [4.69, 9.17) is 11.6 Å². The largest absolute Gasteiger partial charge is 0.214 e. The molecule has 0 bridgehead atoms. The number of alkyl halides is 1. The van der Waals surface area contributed by atoms with Crippen molar-refractivity contribution in [3.05, 3.63) is 0 Å². The summed E-state index contributed by atoms with van der Waals surface area (Å²) < 4.78 is 23.5. The van der Waals surface area contributed by atoms with Gasteiger partial charge < -0.3 is 0 Å². The molecule has 0 aromatic carbocycles. The molecule has 1 unspecified atom stereocenters. The minimum atomic E-state index is -3.07. The Morgan fingerprint density at radius 3 is 2.45 bits per heavy atom. The van der Waals surface area contributed by atoms with Crippen LogP contribution in [0.4, 0.5) is 0 Å². The summed E-state index contributed by atoms with van der Waals surface area (Å²) in [6.45, 7) is 2.34. The predicted molar refractivity (Wildman–Crippen MR) is 47.4 cm³/mol. The summed E-state index contributed by atoms with van der Waals surface area (Å²) >= 11 is 5.76.